The van der Waals surface area contributed by atoms with Crippen molar-refractivity contribution in [2.75, 3.05) is 0 Å². The number of rotatable bonds is 2. The zero-order valence-electron chi connectivity index (χ0n) is 8.48. The highest BCUT2D eigenvalue weighted by atomic mass is 32.2. The molecule has 3 nitrogen and oxygen atoms in total. The molecule has 0 bridgehead atoms. The van der Waals surface area contributed by atoms with Crippen LogP contribution in [0.3, 0.4) is 0 Å². The zero-order valence-corrected chi connectivity index (χ0v) is 10.1. The van der Waals surface area contributed by atoms with Crippen molar-refractivity contribution < 1.29 is 0 Å². The Morgan fingerprint density at radius 3 is 2.69 bits per heavy atom. The van der Waals surface area contributed by atoms with E-state index in [1.165, 1.54) is 0 Å². The fourth-order valence-electron chi connectivity index (χ4n) is 1.34. The smallest absolute Gasteiger partial charge is 0.306 e. The number of hydrogen-bond acceptors (Lipinski definition) is 4. The molecule has 0 aliphatic carbocycles. The summed E-state index contributed by atoms with van der Waals surface area (Å²) in [6.07, 6.45) is 0. The van der Waals surface area contributed by atoms with E-state index in [0.29, 0.717) is 0 Å². The third-order valence-electron chi connectivity index (χ3n) is 2.10. The Hall–Kier alpha value is -1.51. The Bertz CT molecular complexity index is 590. The summed E-state index contributed by atoms with van der Waals surface area (Å²) in [5.74, 6) is 0. The second-order valence-electron chi connectivity index (χ2n) is 3.24. The summed E-state index contributed by atoms with van der Waals surface area (Å²) in [5, 5.41) is 10.6. The van der Waals surface area contributed by atoms with Gasteiger partial charge in [0.2, 0.25) is 0 Å². The number of hydrogen-bond donors (Lipinski definition) is 1. The van der Waals surface area contributed by atoms with Gasteiger partial charge in [0, 0.05) is 17.3 Å². The average molecular weight is 248 g/mol. The first kappa shape index (κ1) is 11.0. The molecule has 1 aromatic carbocycles. The number of nitriles is 1. The minimum Gasteiger partial charge on any atom is -0.311 e. The SMILES string of the molecule is Cc1ccc(-c2[nH]c(=O)sc2SC#N)cc1. The van der Waals surface area contributed by atoms with Crippen molar-refractivity contribution in [1.82, 2.24) is 4.98 Å². The fraction of sp³-hybridized carbons (Fsp3) is 0.0909. The molecule has 0 unspecified atom stereocenters. The Labute approximate surface area is 101 Å². The molecular formula is C11H8N2OS2. The minimum absolute atomic E-state index is 0.131. The van der Waals surface area contributed by atoms with Crippen LogP contribution < -0.4 is 4.87 Å². The number of benzene rings is 1. The second-order valence-corrected chi connectivity index (χ2v) is 5.27. The van der Waals surface area contributed by atoms with Crippen molar-refractivity contribution in [3.05, 3.63) is 39.5 Å². The van der Waals surface area contributed by atoms with Crippen molar-refractivity contribution in [2.45, 2.75) is 11.1 Å². The zero-order chi connectivity index (χ0) is 11.5. The van der Waals surface area contributed by atoms with E-state index in [9.17, 15) is 4.79 Å². The number of H-pyrrole nitrogens is 1. The van der Waals surface area contributed by atoms with Gasteiger partial charge in [-0.3, -0.25) is 4.79 Å². The van der Waals surface area contributed by atoms with Crippen LogP contribution in [0.1, 0.15) is 5.56 Å². The lowest BCUT2D eigenvalue weighted by Gasteiger charge is -2.00. The number of aromatic amines is 1. The number of thioether (sulfide) groups is 1. The van der Waals surface area contributed by atoms with Crippen LogP contribution in [0.5, 0.6) is 0 Å². The summed E-state index contributed by atoms with van der Waals surface area (Å²) >= 11 is 2.08. The lowest BCUT2D eigenvalue weighted by molar-refractivity contribution is 1.31. The maximum absolute atomic E-state index is 11.3. The molecule has 0 amide bonds. The number of thiazole rings is 1. The molecular weight excluding hydrogens is 240 g/mol. The predicted molar refractivity (Wildman–Crippen MR) is 66.6 cm³/mol. The van der Waals surface area contributed by atoms with E-state index < -0.39 is 0 Å². The van der Waals surface area contributed by atoms with Crippen molar-refractivity contribution in [3.63, 3.8) is 0 Å². The maximum Gasteiger partial charge on any atom is 0.306 e. The van der Waals surface area contributed by atoms with E-state index in [1.807, 2.05) is 36.6 Å². The van der Waals surface area contributed by atoms with Crippen molar-refractivity contribution in [2.24, 2.45) is 0 Å². The van der Waals surface area contributed by atoms with Gasteiger partial charge in [-0.2, -0.15) is 5.26 Å². The normalized spacial score (nSPS) is 10.0. The van der Waals surface area contributed by atoms with Crippen LogP contribution in [-0.4, -0.2) is 4.98 Å². The van der Waals surface area contributed by atoms with Gasteiger partial charge in [0.05, 0.1) is 5.69 Å². The highest BCUT2D eigenvalue weighted by Gasteiger charge is 2.10. The van der Waals surface area contributed by atoms with Crippen LogP contribution in [-0.2, 0) is 0 Å². The molecule has 0 fully saturated rings. The number of aryl methyl sites for hydroxylation is 1. The third-order valence-corrected chi connectivity index (χ3v) is 3.75. The van der Waals surface area contributed by atoms with Crippen LogP contribution in [0.4, 0.5) is 0 Å². The van der Waals surface area contributed by atoms with Gasteiger partial charge in [-0.25, -0.2) is 0 Å². The van der Waals surface area contributed by atoms with E-state index in [-0.39, 0.29) is 4.87 Å². The van der Waals surface area contributed by atoms with Gasteiger partial charge in [-0.05, 0) is 6.92 Å². The molecule has 1 heterocycles. The maximum atomic E-state index is 11.3. The molecule has 5 heteroatoms. The molecule has 0 spiro atoms. The molecule has 2 aromatic rings. The molecule has 2 rings (SSSR count). The largest absolute Gasteiger partial charge is 0.311 e. The fourth-order valence-corrected chi connectivity index (χ4v) is 2.79. The summed E-state index contributed by atoms with van der Waals surface area (Å²) in [4.78, 5) is 13.9. The van der Waals surface area contributed by atoms with Crippen LogP contribution >= 0.6 is 23.1 Å². The Morgan fingerprint density at radius 2 is 2.06 bits per heavy atom. The summed E-state index contributed by atoms with van der Waals surface area (Å²) in [6, 6.07) is 7.84. The number of thiocyanates is 1. The first-order valence-electron chi connectivity index (χ1n) is 4.57. The Balaban J connectivity index is 2.51. The standard InChI is InChI=1S/C11H8N2OS2/c1-7-2-4-8(5-3-7)9-10(15-6-12)16-11(14)13-9/h2-5H,1H3,(H,13,14). The second kappa shape index (κ2) is 4.56. The quantitative estimate of drug-likeness (QED) is 0.656. The molecule has 0 aliphatic rings. The van der Waals surface area contributed by atoms with Crippen LogP contribution in [0, 0.1) is 17.6 Å². The highest BCUT2D eigenvalue weighted by Crippen LogP contribution is 2.31. The monoisotopic (exact) mass is 248 g/mol. The molecule has 0 radical (unpaired) electrons. The first-order chi connectivity index (χ1) is 7.70. The average Bonchev–Trinajstić information content (AvgIpc) is 2.61. The van der Waals surface area contributed by atoms with E-state index in [2.05, 4.69) is 4.98 Å². The lowest BCUT2D eigenvalue weighted by Crippen LogP contribution is -1.92. The van der Waals surface area contributed by atoms with E-state index >= 15 is 0 Å². The Kier molecular flexibility index (Phi) is 3.13. The van der Waals surface area contributed by atoms with Crippen LogP contribution in [0.25, 0.3) is 11.3 Å². The lowest BCUT2D eigenvalue weighted by atomic mass is 10.1. The highest BCUT2D eigenvalue weighted by molar-refractivity contribution is 8.05. The van der Waals surface area contributed by atoms with Crippen LogP contribution in [0.2, 0.25) is 0 Å². The van der Waals surface area contributed by atoms with E-state index in [1.54, 1.807) is 0 Å². The van der Waals surface area contributed by atoms with Gasteiger partial charge in [-0.15, -0.1) is 0 Å². The number of nitrogens with one attached hydrogen (secondary N) is 1. The van der Waals surface area contributed by atoms with E-state index in [4.69, 9.17) is 5.26 Å². The molecule has 0 saturated carbocycles. The van der Waals surface area contributed by atoms with Crippen molar-refractivity contribution >= 4 is 23.1 Å². The van der Waals surface area contributed by atoms with Gasteiger partial charge in [0.1, 0.15) is 9.61 Å². The molecule has 1 N–H and O–H groups in total. The van der Waals surface area contributed by atoms with Crippen molar-refractivity contribution in [1.29, 1.82) is 5.26 Å². The molecule has 0 atom stereocenters. The summed E-state index contributed by atoms with van der Waals surface area (Å²) in [6.45, 7) is 2.01. The predicted octanol–water partition coefficient (Wildman–Crippen LogP) is 2.99. The molecule has 0 saturated heterocycles. The van der Waals surface area contributed by atoms with Gasteiger partial charge in [0.15, 0.2) is 0 Å². The first-order valence-corrected chi connectivity index (χ1v) is 6.20. The van der Waals surface area contributed by atoms with Crippen LogP contribution in [0.15, 0.2) is 33.3 Å². The Morgan fingerprint density at radius 1 is 1.38 bits per heavy atom. The van der Waals surface area contributed by atoms with Crippen molar-refractivity contribution in [3.8, 4) is 16.7 Å². The van der Waals surface area contributed by atoms with Gasteiger partial charge in [-0.1, -0.05) is 41.2 Å². The summed E-state index contributed by atoms with van der Waals surface area (Å²) in [5.41, 5.74) is 2.83. The van der Waals surface area contributed by atoms with E-state index in [0.717, 1.165) is 44.1 Å². The number of aromatic nitrogens is 1. The minimum atomic E-state index is -0.131. The molecule has 0 aliphatic heterocycles. The molecule has 80 valence electrons. The van der Waals surface area contributed by atoms with Gasteiger partial charge >= 0.3 is 4.87 Å². The van der Waals surface area contributed by atoms with Gasteiger partial charge in [0.25, 0.3) is 0 Å². The summed E-state index contributed by atoms with van der Waals surface area (Å²) in [7, 11) is 0. The summed E-state index contributed by atoms with van der Waals surface area (Å²) < 4.78 is 0.719. The van der Waals surface area contributed by atoms with Gasteiger partial charge < -0.3 is 4.98 Å². The number of nitrogens with zero attached hydrogens (tertiary/aromatic N) is 1. The third kappa shape index (κ3) is 2.18. The molecule has 16 heavy (non-hydrogen) atoms. The molecule has 1 aromatic heterocycles. The topological polar surface area (TPSA) is 56.6 Å².